The van der Waals surface area contributed by atoms with E-state index in [0.717, 1.165) is 27.0 Å². The first-order valence-corrected chi connectivity index (χ1v) is 8.47. The normalized spacial score (nSPS) is 15.7. The van der Waals surface area contributed by atoms with E-state index in [9.17, 15) is 0 Å². The third-order valence-corrected chi connectivity index (χ3v) is 4.69. The van der Waals surface area contributed by atoms with E-state index in [1.807, 2.05) is 30.3 Å². The van der Waals surface area contributed by atoms with Crippen LogP contribution in [0.4, 0.5) is 0 Å². The quantitative estimate of drug-likeness (QED) is 0.786. The summed E-state index contributed by atoms with van der Waals surface area (Å²) in [6.45, 7) is 0. The lowest BCUT2D eigenvalue weighted by Gasteiger charge is -2.13. The molecule has 0 amide bonds. The first-order chi connectivity index (χ1) is 10.2. The van der Waals surface area contributed by atoms with Gasteiger partial charge >= 0.3 is 0 Å². The van der Waals surface area contributed by atoms with Gasteiger partial charge in [0.05, 0.1) is 6.10 Å². The minimum atomic E-state index is -0.0169. The fraction of sp³-hybridized carbons (Fsp3) is 0.294. The Morgan fingerprint density at radius 1 is 1.19 bits per heavy atom. The molecule has 2 N–H and O–H groups in total. The van der Waals surface area contributed by atoms with Crippen LogP contribution in [-0.4, -0.2) is 11.9 Å². The predicted molar refractivity (Wildman–Crippen MR) is 89.2 cm³/mol. The number of rotatable bonds is 6. The molecule has 0 aromatic heterocycles. The average Bonchev–Trinajstić information content (AvgIpc) is 3.29. The van der Waals surface area contributed by atoms with Crippen LogP contribution in [0.3, 0.4) is 0 Å². The zero-order valence-corrected chi connectivity index (χ0v) is 13.2. The van der Waals surface area contributed by atoms with Gasteiger partial charge in [-0.05, 0) is 48.7 Å². The lowest BCUT2D eigenvalue weighted by atomic mass is 10.1. The average molecular weight is 320 g/mol. The van der Waals surface area contributed by atoms with Gasteiger partial charge in [0.1, 0.15) is 5.75 Å². The summed E-state index contributed by atoms with van der Waals surface area (Å²) in [6, 6.07) is 16.0. The number of nitrogens with two attached hydrogens (primary N) is 1. The SMILES string of the molecule is NC(CSc1cccc(Cl)c1)c1cccc(OC2CC2)c1. The molecule has 1 aliphatic rings. The Balaban J connectivity index is 1.60. The van der Waals surface area contributed by atoms with E-state index < -0.39 is 0 Å². The van der Waals surface area contributed by atoms with Crippen LogP contribution < -0.4 is 10.5 Å². The van der Waals surface area contributed by atoms with E-state index in [2.05, 4.69) is 18.2 Å². The van der Waals surface area contributed by atoms with Crippen molar-refractivity contribution in [3.8, 4) is 5.75 Å². The molecule has 0 saturated heterocycles. The monoisotopic (exact) mass is 319 g/mol. The largest absolute Gasteiger partial charge is 0.490 e. The standard InChI is InChI=1S/C17H18ClNOS/c18-13-4-2-6-16(10-13)21-11-17(19)12-3-1-5-15(9-12)20-14-7-8-14/h1-6,9-10,14,17H,7-8,11,19H2. The van der Waals surface area contributed by atoms with Gasteiger partial charge in [-0.1, -0.05) is 29.8 Å². The summed E-state index contributed by atoms with van der Waals surface area (Å²) in [7, 11) is 0. The van der Waals surface area contributed by atoms with E-state index in [4.69, 9.17) is 22.1 Å². The molecule has 1 fully saturated rings. The zero-order valence-electron chi connectivity index (χ0n) is 11.7. The highest BCUT2D eigenvalue weighted by Gasteiger charge is 2.23. The van der Waals surface area contributed by atoms with Gasteiger partial charge in [0.15, 0.2) is 0 Å². The Labute approximate surface area is 134 Å². The van der Waals surface area contributed by atoms with Gasteiger partial charge in [0, 0.05) is 21.7 Å². The topological polar surface area (TPSA) is 35.2 Å². The smallest absolute Gasteiger partial charge is 0.120 e. The van der Waals surface area contributed by atoms with Crippen LogP contribution in [-0.2, 0) is 0 Å². The van der Waals surface area contributed by atoms with Crippen LogP contribution in [0, 0.1) is 0 Å². The molecular weight excluding hydrogens is 302 g/mol. The molecule has 4 heteroatoms. The van der Waals surface area contributed by atoms with Gasteiger partial charge in [0.25, 0.3) is 0 Å². The molecule has 3 rings (SSSR count). The van der Waals surface area contributed by atoms with Gasteiger partial charge in [-0.2, -0.15) is 0 Å². The molecule has 2 nitrogen and oxygen atoms in total. The van der Waals surface area contributed by atoms with Crippen LogP contribution in [0.2, 0.25) is 5.02 Å². The molecule has 0 bridgehead atoms. The Hall–Kier alpha value is -1.16. The lowest BCUT2D eigenvalue weighted by Crippen LogP contribution is -2.13. The van der Waals surface area contributed by atoms with E-state index in [-0.39, 0.29) is 6.04 Å². The van der Waals surface area contributed by atoms with Crippen LogP contribution in [0.25, 0.3) is 0 Å². The lowest BCUT2D eigenvalue weighted by molar-refractivity contribution is 0.303. The summed E-state index contributed by atoms with van der Waals surface area (Å²) in [6.07, 6.45) is 2.75. The van der Waals surface area contributed by atoms with Crippen molar-refractivity contribution in [1.29, 1.82) is 0 Å². The number of benzene rings is 2. The third kappa shape index (κ3) is 4.40. The molecule has 1 unspecified atom stereocenters. The van der Waals surface area contributed by atoms with Crippen molar-refractivity contribution in [2.45, 2.75) is 29.9 Å². The molecule has 0 radical (unpaired) electrons. The summed E-state index contributed by atoms with van der Waals surface area (Å²) >= 11 is 7.71. The molecule has 1 aliphatic carbocycles. The summed E-state index contributed by atoms with van der Waals surface area (Å²) in [4.78, 5) is 1.14. The molecule has 1 saturated carbocycles. The molecule has 0 spiro atoms. The van der Waals surface area contributed by atoms with Gasteiger partial charge in [-0.3, -0.25) is 0 Å². The molecular formula is C17H18ClNOS. The maximum atomic E-state index is 6.29. The number of ether oxygens (including phenoxy) is 1. The Bertz CT molecular complexity index is 615. The predicted octanol–water partition coefficient (Wildman–Crippen LogP) is 4.67. The molecule has 2 aromatic rings. The van der Waals surface area contributed by atoms with Crippen molar-refractivity contribution in [3.05, 3.63) is 59.1 Å². The van der Waals surface area contributed by atoms with Crippen molar-refractivity contribution in [2.75, 3.05) is 5.75 Å². The van der Waals surface area contributed by atoms with Crippen molar-refractivity contribution >= 4 is 23.4 Å². The molecule has 110 valence electrons. The number of halogens is 1. The summed E-state index contributed by atoms with van der Waals surface area (Å²) in [5.41, 5.74) is 7.40. The molecule has 0 heterocycles. The summed E-state index contributed by atoms with van der Waals surface area (Å²) < 4.78 is 5.81. The Morgan fingerprint density at radius 2 is 2.00 bits per heavy atom. The van der Waals surface area contributed by atoms with Crippen LogP contribution >= 0.6 is 23.4 Å². The highest BCUT2D eigenvalue weighted by atomic mass is 35.5. The van der Waals surface area contributed by atoms with E-state index in [1.165, 1.54) is 12.8 Å². The highest BCUT2D eigenvalue weighted by molar-refractivity contribution is 7.99. The van der Waals surface area contributed by atoms with Crippen LogP contribution in [0.5, 0.6) is 5.75 Å². The Morgan fingerprint density at radius 3 is 2.76 bits per heavy atom. The highest BCUT2D eigenvalue weighted by Crippen LogP contribution is 2.30. The number of hydrogen-bond donors (Lipinski definition) is 1. The molecule has 1 atom stereocenters. The fourth-order valence-corrected chi connectivity index (χ4v) is 3.24. The van der Waals surface area contributed by atoms with E-state index in [0.29, 0.717) is 6.10 Å². The first-order valence-electron chi connectivity index (χ1n) is 7.11. The second-order valence-electron chi connectivity index (χ2n) is 5.26. The second kappa shape index (κ2) is 6.73. The Kier molecular flexibility index (Phi) is 4.73. The first kappa shape index (κ1) is 14.8. The number of hydrogen-bond acceptors (Lipinski definition) is 3. The maximum Gasteiger partial charge on any atom is 0.120 e. The van der Waals surface area contributed by atoms with Crippen molar-refractivity contribution in [3.63, 3.8) is 0 Å². The minimum absolute atomic E-state index is 0.0169. The molecule has 2 aromatic carbocycles. The van der Waals surface area contributed by atoms with Gasteiger partial charge in [-0.25, -0.2) is 0 Å². The third-order valence-electron chi connectivity index (χ3n) is 3.34. The van der Waals surface area contributed by atoms with Crippen LogP contribution in [0.1, 0.15) is 24.4 Å². The molecule has 21 heavy (non-hydrogen) atoms. The van der Waals surface area contributed by atoms with E-state index >= 15 is 0 Å². The van der Waals surface area contributed by atoms with Crippen LogP contribution in [0.15, 0.2) is 53.4 Å². The van der Waals surface area contributed by atoms with Gasteiger partial charge in [0.2, 0.25) is 0 Å². The van der Waals surface area contributed by atoms with Gasteiger partial charge < -0.3 is 10.5 Å². The zero-order chi connectivity index (χ0) is 14.7. The van der Waals surface area contributed by atoms with Gasteiger partial charge in [-0.15, -0.1) is 11.8 Å². The van der Waals surface area contributed by atoms with Crippen molar-refractivity contribution in [1.82, 2.24) is 0 Å². The summed E-state index contributed by atoms with van der Waals surface area (Å²) in [5.74, 6) is 1.74. The second-order valence-corrected chi connectivity index (χ2v) is 6.79. The number of thioether (sulfide) groups is 1. The summed E-state index contributed by atoms with van der Waals surface area (Å²) in [5, 5.41) is 0.758. The van der Waals surface area contributed by atoms with Crippen molar-refractivity contribution < 1.29 is 4.74 Å². The minimum Gasteiger partial charge on any atom is -0.490 e. The fourth-order valence-electron chi connectivity index (χ4n) is 2.04. The van der Waals surface area contributed by atoms with Crippen molar-refractivity contribution in [2.24, 2.45) is 5.73 Å². The molecule has 0 aliphatic heterocycles. The van der Waals surface area contributed by atoms with E-state index in [1.54, 1.807) is 11.8 Å². The maximum absolute atomic E-state index is 6.29.